The molecule has 1 saturated heterocycles. The fraction of sp³-hybridized carbons (Fsp3) is 0.875. The van der Waals surface area contributed by atoms with Crippen molar-refractivity contribution in [1.82, 2.24) is 0 Å². The van der Waals surface area contributed by atoms with E-state index in [1.165, 1.54) is 6.92 Å². The highest BCUT2D eigenvalue weighted by molar-refractivity contribution is 5.81. The highest BCUT2D eigenvalue weighted by atomic mass is 16.8. The summed E-state index contributed by atoms with van der Waals surface area (Å²) in [6.45, 7) is 6.99. The third-order valence-corrected chi connectivity index (χ3v) is 1.71. The van der Waals surface area contributed by atoms with Gasteiger partial charge >= 0.3 is 0 Å². The minimum absolute atomic E-state index is 0.0306. The Hall–Kier alpha value is -0.410. The smallest absolute Gasteiger partial charge is 0.164 e. The minimum atomic E-state index is -0.601. The van der Waals surface area contributed by atoms with Crippen molar-refractivity contribution in [3.63, 3.8) is 0 Å². The SMILES string of the molecule is CC(=O)[C@@H]1OC(C)(C)OC1C. The molecule has 0 aromatic carbocycles. The number of rotatable bonds is 1. The molecule has 1 aliphatic rings. The largest absolute Gasteiger partial charge is 0.344 e. The van der Waals surface area contributed by atoms with E-state index in [4.69, 9.17) is 9.47 Å². The van der Waals surface area contributed by atoms with E-state index in [9.17, 15) is 4.79 Å². The summed E-state index contributed by atoms with van der Waals surface area (Å²) in [4.78, 5) is 10.9. The molecule has 0 aromatic rings. The quantitative estimate of drug-likeness (QED) is 0.573. The summed E-state index contributed by atoms with van der Waals surface area (Å²) in [5, 5.41) is 0. The van der Waals surface area contributed by atoms with Gasteiger partial charge in [0.05, 0.1) is 6.10 Å². The Morgan fingerprint density at radius 3 is 2.09 bits per heavy atom. The van der Waals surface area contributed by atoms with Gasteiger partial charge in [0, 0.05) is 0 Å². The molecule has 3 heteroatoms. The highest BCUT2D eigenvalue weighted by Crippen LogP contribution is 2.27. The number of hydrogen-bond donors (Lipinski definition) is 0. The Morgan fingerprint density at radius 2 is 1.91 bits per heavy atom. The zero-order valence-corrected chi connectivity index (χ0v) is 7.38. The summed E-state index contributed by atoms with van der Waals surface area (Å²) in [5.41, 5.74) is 0. The summed E-state index contributed by atoms with van der Waals surface area (Å²) >= 11 is 0. The molecule has 0 aliphatic carbocycles. The standard InChI is InChI=1S/C8H14O3/c1-5(9)7-6(2)10-8(3,4)11-7/h6-7H,1-4H3/t6?,7-/m0/s1. The number of ketones is 1. The van der Waals surface area contributed by atoms with Crippen molar-refractivity contribution in [3.05, 3.63) is 0 Å². The van der Waals surface area contributed by atoms with E-state index >= 15 is 0 Å². The van der Waals surface area contributed by atoms with Crippen LogP contribution in [0.1, 0.15) is 27.7 Å². The zero-order chi connectivity index (χ0) is 8.65. The first-order valence-electron chi connectivity index (χ1n) is 3.78. The molecule has 0 aromatic heterocycles. The number of carbonyl (C=O) groups is 1. The van der Waals surface area contributed by atoms with Gasteiger partial charge in [-0.2, -0.15) is 0 Å². The third kappa shape index (κ3) is 1.79. The number of hydrogen-bond acceptors (Lipinski definition) is 3. The van der Waals surface area contributed by atoms with Gasteiger partial charge in [0.1, 0.15) is 6.10 Å². The summed E-state index contributed by atoms with van der Waals surface area (Å²) in [5.74, 6) is -0.571. The van der Waals surface area contributed by atoms with E-state index < -0.39 is 5.79 Å². The van der Waals surface area contributed by atoms with Crippen LogP contribution in [0.4, 0.5) is 0 Å². The lowest BCUT2D eigenvalue weighted by Crippen LogP contribution is -2.27. The molecule has 0 radical (unpaired) electrons. The Labute approximate surface area is 66.7 Å². The van der Waals surface area contributed by atoms with E-state index in [1.807, 2.05) is 20.8 Å². The van der Waals surface area contributed by atoms with Gasteiger partial charge in [-0.3, -0.25) is 4.79 Å². The number of ether oxygens (including phenoxy) is 2. The molecule has 11 heavy (non-hydrogen) atoms. The fourth-order valence-electron chi connectivity index (χ4n) is 1.35. The van der Waals surface area contributed by atoms with Crippen molar-refractivity contribution >= 4 is 5.78 Å². The van der Waals surface area contributed by atoms with Crippen LogP contribution in [0.5, 0.6) is 0 Å². The van der Waals surface area contributed by atoms with Crippen LogP contribution in [0, 0.1) is 0 Å². The van der Waals surface area contributed by atoms with Crippen molar-refractivity contribution in [3.8, 4) is 0 Å². The molecule has 0 spiro atoms. The Bertz CT molecular complexity index is 174. The summed E-state index contributed by atoms with van der Waals surface area (Å²) in [6, 6.07) is 0. The molecule has 0 bridgehead atoms. The molecule has 3 nitrogen and oxygen atoms in total. The molecule has 64 valence electrons. The molecule has 0 N–H and O–H groups in total. The van der Waals surface area contributed by atoms with Gasteiger partial charge in [0.2, 0.25) is 0 Å². The van der Waals surface area contributed by atoms with Gasteiger partial charge in [0.15, 0.2) is 11.6 Å². The lowest BCUT2D eigenvalue weighted by molar-refractivity contribution is -0.153. The fourth-order valence-corrected chi connectivity index (χ4v) is 1.35. The van der Waals surface area contributed by atoms with Gasteiger partial charge in [0.25, 0.3) is 0 Å². The van der Waals surface area contributed by atoms with Crippen molar-refractivity contribution in [2.45, 2.75) is 45.7 Å². The van der Waals surface area contributed by atoms with Crippen LogP contribution >= 0.6 is 0 Å². The molecule has 1 aliphatic heterocycles. The number of carbonyl (C=O) groups excluding carboxylic acids is 1. The molecule has 1 heterocycles. The second kappa shape index (κ2) is 2.57. The first-order valence-corrected chi connectivity index (χ1v) is 3.78. The van der Waals surface area contributed by atoms with E-state index in [1.54, 1.807) is 0 Å². The predicted molar refractivity (Wildman–Crippen MR) is 40.2 cm³/mol. The van der Waals surface area contributed by atoms with E-state index in [0.717, 1.165) is 0 Å². The van der Waals surface area contributed by atoms with Gasteiger partial charge in [-0.25, -0.2) is 0 Å². The Kier molecular flexibility index (Phi) is 2.03. The van der Waals surface area contributed by atoms with Crippen LogP contribution < -0.4 is 0 Å². The van der Waals surface area contributed by atoms with Crippen LogP contribution in [0.3, 0.4) is 0 Å². The predicted octanol–water partition coefficient (Wildman–Crippen LogP) is 1.12. The van der Waals surface area contributed by atoms with Crippen LogP contribution in [-0.2, 0) is 14.3 Å². The summed E-state index contributed by atoms with van der Waals surface area (Å²) in [7, 11) is 0. The topological polar surface area (TPSA) is 35.5 Å². The molecule has 1 rings (SSSR count). The molecule has 1 unspecified atom stereocenters. The van der Waals surface area contributed by atoms with Gasteiger partial charge < -0.3 is 9.47 Å². The average Bonchev–Trinajstić information content (AvgIpc) is 2.05. The van der Waals surface area contributed by atoms with Crippen molar-refractivity contribution in [2.24, 2.45) is 0 Å². The zero-order valence-electron chi connectivity index (χ0n) is 7.38. The Balaban J connectivity index is 2.66. The van der Waals surface area contributed by atoms with E-state index in [2.05, 4.69) is 0 Å². The highest BCUT2D eigenvalue weighted by Gasteiger charge is 2.40. The average molecular weight is 158 g/mol. The molecule has 1 fully saturated rings. The molecule has 0 amide bonds. The normalized spacial score (nSPS) is 35.6. The first-order chi connectivity index (χ1) is 4.92. The monoisotopic (exact) mass is 158 g/mol. The van der Waals surface area contributed by atoms with Crippen LogP contribution in [-0.4, -0.2) is 23.8 Å². The maximum absolute atomic E-state index is 10.9. The van der Waals surface area contributed by atoms with Crippen molar-refractivity contribution in [1.29, 1.82) is 0 Å². The second-order valence-corrected chi connectivity index (χ2v) is 3.37. The van der Waals surface area contributed by atoms with Gasteiger partial charge in [-0.15, -0.1) is 0 Å². The van der Waals surface area contributed by atoms with Crippen LogP contribution in [0.15, 0.2) is 0 Å². The second-order valence-electron chi connectivity index (χ2n) is 3.37. The van der Waals surface area contributed by atoms with Crippen LogP contribution in [0.25, 0.3) is 0 Å². The first kappa shape index (κ1) is 8.68. The lowest BCUT2D eigenvalue weighted by Gasteiger charge is -2.15. The number of Topliss-reactive ketones (excluding diaryl/α,β-unsaturated/α-hetero) is 1. The summed E-state index contributed by atoms with van der Waals surface area (Å²) in [6.07, 6.45) is -0.507. The van der Waals surface area contributed by atoms with Crippen LogP contribution in [0.2, 0.25) is 0 Å². The van der Waals surface area contributed by atoms with Gasteiger partial charge in [-0.05, 0) is 27.7 Å². The molecular weight excluding hydrogens is 144 g/mol. The lowest BCUT2D eigenvalue weighted by atomic mass is 10.2. The maximum atomic E-state index is 10.9. The minimum Gasteiger partial charge on any atom is -0.344 e. The third-order valence-electron chi connectivity index (χ3n) is 1.71. The van der Waals surface area contributed by atoms with Crippen molar-refractivity contribution in [2.75, 3.05) is 0 Å². The Morgan fingerprint density at radius 1 is 1.36 bits per heavy atom. The maximum Gasteiger partial charge on any atom is 0.164 e. The molecular formula is C8H14O3. The van der Waals surface area contributed by atoms with Gasteiger partial charge in [-0.1, -0.05) is 0 Å². The molecule has 2 atom stereocenters. The summed E-state index contributed by atoms with van der Waals surface area (Å²) < 4.78 is 10.7. The molecule has 0 saturated carbocycles. The van der Waals surface area contributed by atoms with E-state index in [-0.39, 0.29) is 18.0 Å². The van der Waals surface area contributed by atoms with Crippen molar-refractivity contribution < 1.29 is 14.3 Å². The van der Waals surface area contributed by atoms with E-state index in [0.29, 0.717) is 0 Å².